The molecule has 1 saturated heterocycles. The highest BCUT2D eigenvalue weighted by Gasteiger charge is 2.19. The second-order valence-electron chi connectivity index (χ2n) is 4.71. The lowest BCUT2D eigenvalue weighted by atomic mass is 10.0. The Bertz CT molecular complexity index is 348. The van der Waals surface area contributed by atoms with Gasteiger partial charge in [-0.25, -0.2) is 0 Å². The molecule has 3 heteroatoms. The van der Waals surface area contributed by atoms with E-state index in [1.54, 1.807) is 6.07 Å². The first-order chi connectivity index (χ1) is 8.29. The molecule has 1 aromatic rings. The molecule has 1 aliphatic rings. The number of phenolic OH excluding ortho intramolecular Hbond substituents is 1. The highest BCUT2D eigenvalue weighted by atomic mass is 16.3. The van der Waals surface area contributed by atoms with Crippen LogP contribution < -0.4 is 5.32 Å². The van der Waals surface area contributed by atoms with E-state index in [2.05, 4.69) is 23.2 Å². The molecule has 0 aliphatic carbocycles. The summed E-state index contributed by atoms with van der Waals surface area (Å²) in [5, 5.41) is 12.9. The van der Waals surface area contributed by atoms with E-state index in [0.717, 1.165) is 26.2 Å². The van der Waals surface area contributed by atoms with Crippen LogP contribution in [0.5, 0.6) is 5.75 Å². The monoisotopic (exact) mass is 234 g/mol. The lowest BCUT2D eigenvalue weighted by molar-refractivity contribution is 0.162. The van der Waals surface area contributed by atoms with Crippen molar-refractivity contribution >= 4 is 0 Å². The minimum Gasteiger partial charge on any atom is -0.508 e. The summed E-state index contributed by atoms with van der Waals surface area (Å²) < 4.78 is 0. The van der Waals surface area contributed by atoms with Crippen LogP contribution in [0.15, 0.2) is 24.3 Å². The minimum atomic E-state index is 0.365. The Morgan fingerprint density at radius 2 is 2.12 bits per heavy atom. The molecule has 2 N–H and O–H groups in total. The zero-order valence-electron chi connectivity index (χ0n) is 10.5. The fourth-order valence-electron chi connectivity index (χ4n) is 2.56. The van der Waals surface area contributed by atoms with Gasteiger partial charge in [0.15, 0.2) is 0 Å². The van der Waals surface area contributed by atoms with Gasteiger partial charge in [0.05, 0.1) is 0 Å². The SMILES string of the molecule is CCN(Cc1cccc(O)c1)C1CCNCC1. The van der Waals surface area contributed by atoms with Crippen LogP contribution in [-0.4, -0.2) is 35.7 Å². The predicted octanol–water partition coefficient (Wildman–Crippen LogP) is 1.97. The molecule has 1 fully saturated rings. The molecular weight excluding hydrogens is 212 g/mol. The molecule has 0 saturated carbocycles. The summed E-state index contributed by atoms with van der Waals surface area (Å²) >= 11 is 0. The third kappa shape index (κ3) is 3.45. The van der Waals surface area contributed by atoms with Gasteiger partial charge in [-0.2, -0.15) is 0 Å². The van der Waals surface area contributed by atoms with E-state index in [-0.39, 0.29) is 0 Å². The maximum Gasteiger partial charge on any atom is 0.115 e. The van der Waals surface area contributed by atoms with Gasteiger partial charge in [-0.15, -0.1) is 0 Å². The predicted molar refractivity (Wildman–Crippen MR) is 70.1 cm³/mol. The van der Waals surface area contributed by atoms with E-state index in [1.807, 2.05) is 12.1 Å². The van der Waals surface area contributed by atoms with Crippen molar-refractivity contribution in [3.05, 3.63) is 29.8 Å². The molecule has 0 unspecified atom stereocenters. The molecule has 0 aromatic heterocycles. The highest BCUT2D eigenvalue weighted by Crippen LogP contribution is 2.17. The molecular formula is C14H22N2O. The number of hydrogen-bond acceptors (Lipinski definition) is 3. The van der Waals surface area contributed by atoms with Crippen LogP contribution >= 0.6 is 0 Å². The fraction of sp³-hybridized carbons (Fsp3) is 0.571. The Morgan fingerprint density at radius 3 is 2.76 bits per heavy atom. The summed E-state index contributed by atoms with van der Waals surface area (Å²) in [5.41, 5.74) is 1.20. The van der Waals surface area contributed by atoms with Crippen LogP contribution in [-0.2, 0) is 6.54 Å². The molecule has 0 radical (unpaired) electrons. The maximum absolute atomic E-state index is 9.48. The summed E-state index contributed by atoms with van der Waals surface area (Å²) in [6, 6.07) is 8.28. The number of benzene rings is 1. The van der Waals surface area contributed by atoms with E-state index >= 15 is 0 Å². The van der Waals surface area contributed by atoms with Crippen molar-refractivity contribution in [3.8, 4) is 5.75 Å². The van der Waals surface area contributed by atoms with Crippen molar-refractivity contribution in [2.75, 3.05) is 19.6 Å². The molecule has 0 bridgehead atoms. The minimum absolute atomic E-state index is 0.365. The molecule has 1 aliphatic heterocycles. The Labute approximate surface area is 103 Å². The lowest BCUT2D eigenvalue weighted by Gasteiger charge is -2.33. The molecule has 94 valence electrons. The summed E-state index contributed by atoms with van der Waals surface area (Å²) in [4.78, 5) is 2.51. The number of aromatic hydroxyl groups is 1. The molecule has 0 spiro atoms. The van der Waals surface area contributed by atoms with Crippen LogP contribution in [0.4, 0.5) is 0 Å². The molecule has 0 amide bonds. The molecule has 2 rings (SSSR count). The Kier molecular flexibility index (Phi) is 4.40. The maximum atomic E-state index is 9.48. The van der Waals surface area contributed by atoms with Gasteiger partial charge in [0.2, 0.25) is 0 Å². The second kappa shape index (κ2) is 6.03. The van der Waals surface area contributed by atoms with Gasteiger partial charge in [0, 0.05) is 12.6 Å². The summed E-state index contributed by atoms with van der Waals surface area (Å²) in [6.07, 6.45) is 2.46. The van der Waals surface area contributed by atoms with E-state index in [9.17, 15) is 5.11 Å². The molecule has 1 heterocycles. The average Bonchev–Trinajstić information content (AvgIpc) is 2.37. The topological polar surface area (TPSA) is 35.5 Å². The number of rotatable bonds is 4. The normalized spacial score (nSPS) is 17.5. The van der Waals surface area contributed by atoms with Gasteiger partial charge in [-0.05, 0) is 50.2 Å². The lowest BCUT2D eigenvalue weighted by Crippen LogP contribution is -2.42. The number of phenols is 1. The molecule has 0 atom stereocenters. The first kappa shape index (κ1) is 12.4. The second-order valence-corrected chi connectivity index (χ2v) is 4.71. The zero-order chi connectivity index (χ0) is 12.1. The van der Waals surface area contributed by atoms with Gasteiger partial charge in [-0.3, -0.25) is 4.90 Å². The third-order valence-electron chi connectivity index (χ3n) is 3.53. The first-order valence-corrected chi connectivity index (χ1v) is 6.52. The van der Waals surface area contributed by atoms with Gasteiger partial charge in [0.1, 0.15) is 5.75 Å². The fourth-order valence-corrected chi connectivity index (χ4v) is 2.56. The summed E-state index contributed by atoms with van der Waals surface area (Å²) in [7, 11) is 0. The largest absolute Gasteiger partial charge is 0.508 e. The summed E-state index contributed by atoms with van der Waals surface area (Å²) in [6.45, 7) is 6.48. The van der Waals surface area contributed by atoms with E-state index in [0.29, 0.717) is 11.8 Å². The number of nitrogens with zero attached hydrogens (tertiary/aromatic N) is 1. The molecule has 3 nitrogen and oxygen atoms in total. The molecule has 1 aromatic carbocycles. The van der Waals surface area contributed by atoms with Crippen LogP contribution in [0.1, 0.15) is 25.3 Å². The Hall–Kier alpha value is -1.06. The average molecular weight is 234 g/mol. The smallest absolute Gasteiger partial charge is 0.115 e. The van der Waals surface area contributed by atoms with Crippen molar-refractivity contribution in [2.45, 2.75) is 32.4 Å². The van der Waals surface area contributed by atoms with Crippen LogP contribution in [0.25, 0.3) is 0 Å². The van der Waals surface area contributed by atoms with Gasteiger partial charge < -0.3 is 10.4 Å². The van der Waals surface area contributed by atoms with Gasteiger partial charge in [-0.1, -0.05) is 19.1 Å². The number of nitrogens with one attached hydrogen (secondary N) is 1. The first-order valence-electron chi connectivity index (χ1n) is 6.52. The summed E-state index contributed by atoms with van der Waals surface area (Å²) in [5.74, 6) is 0.365. The highest BCUT2D eigenvalue weighted by molar-refractivity contribution is 5.27. The van der Waals surface area contributed by atoms with Crippen LogP contribution in [0.2, 0.25) is 0 Å². The molecule has 17 heavy (non-hydrogen) atoms. The van der Waals surface area contributed by atoms with Gasteiger partial charge in [0.25, 0.3) is 0 Å². The quantitative estimate of drug-likeness (QED) is 0.836. The zero-order valence-corrected chi connectivity index (χ0v) is 10.5. The van der Waals surface area contributed by atoms with E-state index in [1.165, 1.54) is 18.4 Å². The standard InChI is InChI=1S/C14H22N2O/c1-2-16(13-6-8-15-9-7-13)11-12-4-3-5-14(17)10-12/h3-5,10,13,15,17H,2,6-9,11H2,1H3. The third-order valence-corrected chi connectivity index (χ3v) is 3.53. The van der Waals surface area contributed by atoms with Crippen molar-refractivity contribution in [1.82, 2.24) is 10.2 Å². The van der Waals surface area contributed by atoms with Crippen LogP contribution in [0, 0.1) is 0 Å². The number of piperidine rings is 1. The van der Waals surface area contributed by atoms with E-state index in [4.69, 9.17) is 0 Å². The Morgan fingerprint density at radius 1 is 1.35 bits per heavy atom. The number of hydrogen-bond donors (Lipinski definition) is 2. The van der Waals surface area contributed by atoms with E-state index < -0.39 is 0 Å². The van der Waals surface area contributed by atoms with Gasteiger partial charge >= 0.3 is 0 Å². The van der Waals surface area contributed by atoms with Crippen molar-refractivity contribution < 1.29 is 5.11 Å². The Balaban J connectivity index is 1.98. The van der Waals surface area contributed by atoms with Crippen molar-refractivity contribution in [3.63, 3.8) is 0 Å². The van der Waals surface area contributed by atoms with Crippen molar-refractivity contribution in [1.29, 1.82) is 0 Å². The van der Waals surface area contributed by atoms with Crippen LogP contribution in [0.3, 0.4) is 0 Å². The van der Waals surface area contributed by atoms with Crippen molar-refractivity contribution in [2.24, 2.45) is 0 Å².